The molecule has 0 saturated heterocycles. The number of aryl methyl sites for hydroxylation is 1. The van der Waals surface area contributed by atoms with Crippen molar-refractivity contribution in [2.45, 2.75) is 24.7 Å². The monoisotopic (exact) mass is 399 g/mol. The van der Waals surface area contributed by atoms with Crippen LogP contribution < -0.4 is 5.32 Å². The fourth-order valence-electron chi connectivity index (χ4n) is 2.24. The van der Waals surface area contributed by atoms with E-state index in [0.717, 1.165) is 11.1 Å². The molecule has 0 saturated carbocycles. The molecule has 134 valence electrons. The molecule has 0 atom stereocenters. The molecule has 1 N–H and O–H groups in total. The second-order valence-electron chi connectivity index (χ2n) is 5.72. The van der Waals surface area contributed by atoms with Gasteiger partial charge in [-0.15, -0.1) is 0 Å². The molecule has 2 aromatic carbocycles. The molecule has 0 unspecified atom stereocenters. The van der Waals surface area contributed by atoms with Gasteiger partial charge in [0.05, 0.1) is 10.6 Å². The van der Waals surface area contributed by atoms with Gasteiger partial charge in [-0.3, -0.25) is 4.79 Å². The summed E-state index contributed by atoms with van der Waals surface area (Å²) in [5.41, 5.74) is 1.86. The summed E-state index contributed by atoms with van der Waals surface area (Å²) in [7, 11) is -3.46. The van der Waals surface area contributed by atoms with E-state index in [1.165, 1.54) is 0 Å². The summed E-state index contributed by atoms with van der Waals surface area (Å²) in [4.78, 5) is 12.1. The highest BCUT2D eigenvalue weighted by Gasteiger charge is 2.16. The zero-order chi connectivity index (χ0) is 18.4. The van der Waals surface area contributed by atoms with Crippen molar-refractivity contribution in [2.75, 3.05) is 12.3 Å². The van der Waals surface area contributed by atoms with E-state index in [0.29, 0.717) is 23.0 Å². The van der Waals surface area contributed by atoms with Crippen LogP contribution in [-0.4, -0.2) is 26.6 Å². The summed E-state index contributed by atoms with van der Waals surface area (Å²) in [5, 5.41) is 3.81. The van der Waals surface area contributed by atoms with Crippen LogP contribution in [0.4, 0.5) is 0 Å². The molecule has 0 heterocycles. The SMILES string of the molecule is Cc1ccc(S(=O)(=O)CCC(=O)NCCc2ccc(Cl)cc2Cl)cc1. The molecule has 0 aliphatic heterocycles. The molecule has 0 radical (unpaired) electrons. The number of nitrogens with one attached hydrogen (secondary N) is 1. The first-order valence-electron chi connectivity index (χ1n) is 7.78. The fourth-order valence-corrected chi connectivity index (χ4v) is 3.98. The molecule has 0 aromatic heterocycles. The minimum atomic E-state index is -3.46. The van der Waals surface area contributed by atoms with Crippen LogP contribution in [0.1, 0.15) is 17.5 Å². The molecule has 0 spiro atoms. The largest absolute Gasteiger partial charge is 0.356 e. The van der Waals surface area contributed by atoms with Gasteiger partial charge >= 0.3 is 0 Å². The third-order valence-corrected chi connectivity index (χ3v) is 6.03. The smallest absolute Gasteiger partial charge is 0.221 e. The third kappa shape index (κ3) is 6.03. The Balaban J connectivity index is 1.81. The second kappa shape index (κ2) is 8.70. The molecule has 25 heavy (non-hydrogen) atoms. The standard InChI is InChI=1S/C18H19Cl2NO3S/c1-13-2-6-16(7-3-13)25(23,24)11-9-18(22)21-10-8-14-4-5-15(19)12-17(14)20/h2-7,12H,8-11H2,1H3,(H,21,22). The van der Waals surface area contributed by atoms with Crippen molar-refractivity contribution in [1.29, 1.82) is 0 Å². The molecule has 1 amide bonds. The topological polar surface area (TPSA) is 63.2 Å². The van der Waals surface area contributed by atoms with E-state index in [-0.39, 0.29) is 23.0 Å². The molecule has 0 bridgehead atoms. The van der Waals surface area contributed by atoms with Crippen LogP contribution >= 0.6 is 23.2 Å². The number of hydrogen-bond donors (Lipinski definition) is 1. The van der Waals surface area contributed by atoms with E-state index in [2.05, 4.69) is 5.32 Å². The van der Waals surface area contributed by atoms with E-state index in [9.17, 15) is 13.2 Å². The number of amides is 1. The number of rotatable bonds is 7. The van der Waals surface area contributed by atoms with Crippen LogP contribution in [0.5, 0.6) is 0 Å². The summed E-state index contributed by atoms with van der Waals surface area (Å²) in [6, 6.07) is 11.8. The van der Waals surface area contributed by atoms with Crippen LogP contribution in [0, 0.1) is 6.92 Å². The van der Waals surface area contributed by atoms with Crippen molar-refractivity contribution in [1.82, 2.24) is 5.32 Å². The van der Waals surface area contributed by atoms with Gasteiger partial charge in [0.1, 0.15) is 0 Å². The molecular formula is C18H19Cl2NO3S. The Morgan fingerprint density at radius 3 is 2.40 bits per heavy atom. The maximum atomic E-state index is 12.2. The molecule has 2 aromatic rings. The highest BCUT2D eigenvalue weighted by molar-refractivity contribution is 7.91. The first-order valence-corrected chi connectivity index (χ1v) is 10.2. The fraction of sp³-hybridized carbons (Fsp3) is 0.278. The van der Waals surface area contributed by atoms with Gasteiger partial charge in [0.25, 0.3) is 0 Å². The van der Waals surface area contributed by atoms with Crippen LogP contribution in [0.15, 0.2) is 47.4 Å². The Labute approximate surface area is 158 Å². The van der Waals surface area contributed by atoms with Gasteiger partial charge in [0.2, 0.25) is 5.91 Å². The Bertz CT molecular complexity index is 849. The quantitative estimate of drug-likeness (QED) is 0.769. The van der Waals surface area contributed by atoms with Gasteiger partial charge in [0.15, 0.2) is 9.84 Å². The lowest BCUT2D eigenvalue weighted by molar-refractivity contribution is -0.120. The van der Waals surface area contributed by atoms with Gasteiger partial charge in [-0.1, -0.05) is 47.0 Å². The van der Waals surface area contributed by atoms with E-state index in [4.69, 9.17) is 23.2 Å². The van der Waals surface area contributed by atoms with Gasteiger partial charge in [0, 0.05) is 23.0 Å². The van der Waals surface area contributed by atoms with Crippen molar-refractivity contribution >= 4 is 38.9 Å². The van der Waals surface area contributed by atoms with Gasteiger partial charge in [-0.05, 0) is 43.2 Å². The van der Waals surface area contributed by atoms with Crippen LogP contribution in [0.25, 0.3) is 0 Å². The van der Waals surface area contributed by atoms with Gasteiger partial charge < -0.3 is 5.32 Å². The van der Waals surface area contributed by atoms with Crippen molar-refractivity contribution < 1.29 is 13.2 Å². The number of carbonyl (C=O) groups is 1. The average Bonchev–Trinajstić information content (AvgIpc) is 2.55. The number of benzene rings is 2. The molecule has 4 nitrogen and oxygen atoms in total. The zero-order valence-corrected chi connectivity index (χ0v) is 16.1. The Morgan fingerprint density at radius 2 is 1.76 bits per heavy atom. The Morgan fingerprint density at radius 1 is 1.08 bits per heavy atom. The van der Waals surface area contributed by atoms with Crippen LogP contribution in [0.2, 0.25) is 10.0 Å². The summed E-state index contributed by atoms with van der Waals surface area (Å²) in [5.74, 6) is -0.523. The number of sulfone groups is 1. The molecule has 0 aliphatic carbocycles. The number of halogens is 2. The third-order valence-electron chi connectivity index (χ3n) is 3.71. The molecule has 7 heteroatoms. The maximum Gasteiger partial charge on any atom is 0.221 e. The first-order chi connectivity index (χ1) is 11.8. The predicted molar refractivity (Wildman–Crippen MR) is 101 cm³/mol. The predicted octanol–water partition coefficient (Wildman–Crippen LogP) is 3.82. The highest BCUT2D eigenvalue weighted by Crippen LogP contribution is 2.21. The Hall–Kier alpha value is -1.56. The van der Waals surface area contributed by atoms with Crippen LogP contribution in [0.3, 0.4) is 0 Å². The van der Waals surface area contributed by atoms with E-state index in [1.54, 1.807) is 42.5 Å². The molecule has 2 rings (SSSR count). The number of carbonyl (C=O) groups excluding carboxylic acids is 1. The lowest BCUT2D eigenvalue weighted by Crippen LogP contribution is -2.27. The first kappa shape index (κ1) is 19.8. The van der Waals surface area contributed by atoms with Gasteiger partial charge in [-0.25, -0.2) is 8.42 Å². The molecule has 0 fully saturated rings. The van der Waals surface area contributed by atoms with Crippen molar-refractivity contribution in [2.24, 2.45) is 0 Å². The lowest BCUT2D eigenvalue weighted by Gasteiger charge is -2.08. The van der Waals surface area contributed by atoms with Crippen LogP contribution in [-0.2, 0) is 21.1 Å². The van der Waals surface area contributed by atoms with Gasteiger partial charge in [-0.2, -0.15) is 0 Å². The Kier molecular flexibility index (Phi) is 6.87. The molecular weight excluding hydrogens is 381 g/mol. The van der Waals surface area contributed by atoms with E-state index >= 15 is 0 Å². The normalized spacial score (nSPS) is 11.3. The summed E-state index contributed by atoms with van der Waals surface area (Å²) >= 11 is 11.9. The minimum absolute atomic E-state index is 0.0788. The molecule has 0 aliphatic rings. The second-order valence-corrected chi connectivity index (χ2v) is 8.67. The summed E-state index contributed by atoms with van der Waals surface area (Å²) < 4.78 is 24.4. The van der Waals surface area contributed by atoms with Crippen molar-refractivity contribution in [3.8, 4) is 0 Å². The minimum Gasteiger partial charge on any atom is -0.356 e. The summed E-state index contributed by atoms with van der Waals surface area (Å²) in [6.07, 6.45) is 0.469. The average molecular weight is 400 g/mol. The summed E-state index contributed by atoms with van der Waals surface area (Å²) in [6.45, 7) is 2.27. The van der Waals surface area contributed by atoms with E-state index in [1.807, 2.05) is 6.92 Å². The van der Waals surface area contributed by atoms with Crippen molar-refractivity contribution in [3.05, 3.63) is 63.6 Å². The maximum absolute atomic E-state index is 12.2. The van der Waals surface area contributed by atoms with E-state index < -0.39 is 9.84 Å². The number of hydrogen-bond acceptors (Lipinski definition) is 3. The van der Waals surface area contributed by atoms with Crippen molar-refractivity contribution in [3.63, 3.8) is 0 Å². The highest BCUT2D eigenvalue weighted by atomic mass is 35.5. The lowest BCUT2D eigenvalue weighted by atomic mass is 10.1. The zero-order valence-electron chi connectivity index (χ0n) is 13.8.